The van der Waals surface area contributed by atoms with E-state index >= 15 is 0 Å². The molecule has 210 valence electrons. The van der Waals surface area contributed by atoms with E-state index in [1.807, 2.05) is 6.92 Å². The molecule has 1 aliphatic rings. The summed E-state index contributed by atoms with van der Waals surface area (Å²) in [5.74, 6) is -1.15. The summed E-state index contributed by atoms with van der Waals surface area (Å²) in [6, 6.07) is 8.64. The molecule has 0 radical (unpaired) electrons. The Morgan fingerprint density at radius 2 is 2.00 bits per heavy atom. The van der Waals surface area contributed by atoms with Crippen LogP contribution in [0.1, 0.15) is 47.3 Å². The van der Waals surface area contributed by atoms with Crippen LogP contribution in [-0.4, -0.2) is 73.0 Å². The monoisotopic (exact) mass is 559 g/mol. The number of nitrogens with two attached hydrogens (primary N) is 1. The van der Waals surface area contributed by atoms with Gasteiger partial charge in [-0.05, 0) is 54.3 Å². The number of carboxylic acid groups (broad SMARTS) is 1. The summed E-state index contributed by atoms with van der Waals surface area (Å²) in [5, 5.41) is 16.8. The first-order chi connectivity index (χ1) is 18.6. The lowest BCUT2D eigenvalue weighted by Gasteiger charge is -2.26. The third-order valence-electron chi connectivity index (χ3n) is 6.58. The van der Waals surface area contributed by atoms with Gasteiger partial charge in [0, 0.05) is 24.3 Å². The molecule has 0 spiro atoms. The highest BCUT2D eigenvalue weighted by molar-refractivity contribution is 6.30. The zero-order valence-electron chi connectivity index (χ0n) is 22.4. The number of anilines is 1. The van der Waals surface area contributed by atoms with E-state index in [0.717, 1.165) is 16.9 Å². The maximum atomic E-state index is 13.8. The maximum Gasteiger partial charge on any atom is 0.337 e. The third kappa shape index (κ3) is 7.11. The van der Waals surface area contributed by atoms with Crippen molar-refractivity contribution in [2.45, 2.75) is 32.2 Å². The number of nitrogens with one attached hydrogen (secondary N) is 1. The molecule has 0 bridgehead atoms. The van der Waals surface area contributed by atoms with E-state index in [9.17, 15) is 19.5 Å². The number of aromatic carboxylic acids is 1. The van der Waals surface area contributed by atoms with Crippen LogP contribution in [0, 0.1) is 5.92 Å². The summed E-state index contributed by atoms with van der Waals surface area (Å²) in [7, 11) is 4.72. The molecule has 0 aliphatic carbocycles. The Bertz CT molecular complexity index is 1250. The standard InChI is InChI=1S/C27H34ClN5O6/c1-5-6-22(16-7-9-20(26(35)36)21(29)13-16)30-27(37)33-15-24(31-39-4)32(2)14-18(25(33)34)11-17-12-19(28)8-10-23(17)38-3/h7-10,12-13,18,22H,5-6,11,14-15,29H2,1-4H3,(H,30,37)(H,35,36)/b31-24-. The number of oxime groups is 1. The number of hydrogen-bond acceptors (Lipinski definition) is 7. The molecule has 1 saturated heterocycles. The fraction of sp³-hybridized carbons (Fsp3) is 0.407. The summed E-state index contributed by atoms with van der Waals surface area (Å²) in [5.41, 5.74) is 7.40. The smallest absolute Gasteiger partial charge is 0.337 e. The second-order valence-corrected chi connectivity index (χ2v) is 9.73. The van der Waals surface area contributed by atoms with Crippen LogP contribution >= 0.6 is 11.6 Å². The molecule has 1 aliphatic heterocycles. The predicted octanol–water partition coefficient (Wildman–Crippen LogP) is 3.77. The number of nitrogen functional groups attached to an aromatic ring is 1. The van der Waals surface area contributed by atoms with E-state index in [4.69, 9.17) is 26.9 Å². The molecule has 0 saturated carbocycles. The molecule has 11 nitrogen and oxygen atoms in total. The number of urea groups is 1. The van der Waals surface area contributed by atoms with Crippen LogP contribution in [0.3, 0.4) is 0 Å². The molecule has 3 rings (SSSR count). The van der Waals surface area contributed by atoms with E-state index < -0.39 is 29.9 Å². The van der Waals surface area contributed by atoms with Crippen molar-refractivity contribution in [2.75, 3.05) is 40.1 Å². The summed E-state index contributed by atoms with van der Waals surface area (Å²) >= 11 is 6.21. The lowest BCUT2D eigenvalue weighted by Crippen LogP contribution is -2.48. The topological polar surface area (TPSA) is 147 Å². The van der Waals surface area contributed by atoms with Crippen molar-refractivity contribution >= 4 is 41.0 Å². The van der Waals surface area contributed by atoms with Crippen LogP contribution in [0.4, 0.5) is 10.5 Å². The summed E-state index contributed by atoms with van der Waals surface area (Å²) in [4.78, 5) is 46.7. The van der Waals surface area contributed by atoms with Gasteiger partial charge in [0.25, 0.3) is 0 Å². The Morgan fingerprint density at radius 1 is 1.26 bits per heavy atom. The minimum atomic E-state index is -1.14. The Kier molecular flexibility index (Phi) is 10.00. The van der Waals surface area contributed by atoms with Gasteiger partial charge in [-0.3, -0.25) is 9.69 Å². The second kappa shape index (κ2) is 13.2. The van der Waals surface area contributed by atoms with Crippen LogP contribution in [0.2, 0.25) is 5.02 Å². The van der Waals surface area contributed by atoms with E-state index in [-0.39, 0.29) is 30.8 Å². The number of amidine groups is 1. The van der Waals surface area contributed by atoms with E-state index in [0.29, 0.717) is 28.6 Å². The first-order valence-electron chi connectivity index (χ1n) is 12.5. The van der Waals surface area contributed by atoms with E-state index in [1.54, 1.807) is 43.3 Å². The van der Waals surface area contributed by atoms with Crippen LogP contribution in [0.15, 0.2) is 41.6 Å². The van der Waals surface area contributed by atoms with Gasteiger partial charge in [-0.1, -0.05) is 36.2 Å². The van der Waals surface area contributed by atoms with Crippen molar-refractivity contribution in [1.82, 2.24) is 15.1 Å². The van der Waals surface area contributed by atoms with Crippen molar-refractivity contribution in [1.29, 1.82) is 0 Å². The van der Waals surface area contributed by atoms with Crippen LogP contribution in [-0.2, 0) is 16.1 Å². The predicted molar refractivity (Wildman–Crippen MR) is 148 cm³/mol. The molecular formula is C27H34ClN5O6. The second-order valence-electron chi connectivity index (χ2n) is 9.29. The van der Waals surface area contributed by atoms with E-state index in [1.165, 1.54) is 19.2 Å². The largest absolute Gasteiger partial charge is 0.496 e. The number of imide groups is 1. The molecule has 2 atom stereocenters. The van der Waals surface area contributed by atoms with Crippen molar-refractivity contribution in [3.05, 3.63) is 58.1 Å². The highest BCUT2D eigenvalue weighted by atomic mass is 35.5. The number of carbonyl (C=O) groups excluding carboxylic acids is 2. The molecule has 1 fully saturated rings. The number of nitrogens with zero attached hydrogens (tertiary/aromatic N) is 3. The minimum absolute atomic E-state index is 0.0224. The number of hydrogen-bond donors (Lipinski definition) is 3. The SMILES string of the molecule is CCCC(NC(=O)N1C/C(=N/OC)N(C)CC(Cc2cc(Cl)ccc2OC)C1=O)c1ccc(C(=O)O)c(N)c1. The molecule has 2 aromatic carbocycles. The van der Waals surface area contributed by atoms with Gasteiger partial charge in [-0.15, -0.1) is 0 Å². The highest BCUT2D eigenvalue weighted by Gasteiger charge is 2.37. The summed E-state index contributed by atoms with van der Waals surface area (Å²) in [6.45, 7) is 2.14. The zero-order valence-corrected chi connectivity index (χ0v) is 23.2. The molecule has 3 amide bonds. The Labute approximate surface area is 232 Å². The van der Waals surface area contributed by atoms with Gasteiger partial charge in [0.2, 0.25) is 5.91 Å². The van der Waals surface area contributed by atoms with Gasteiger partial charge < -0.3 is 30.6 Å². The molecule has 12 heteroatoms. The lowest BCUT2D eigenvalue weighted by molar-refractivity contribution is -0.131. The average molecular weight is 560 g/mol. The number of methoxy groups -OCH3 is 1. The fourth-order valence-electron chi connectivity index (χ4n) is 4.60. The normalized spacial score (nSPS) is 17.5. The van der Waals surface area contributed by atoms with E-state index in [2.05, 4.69) is 10.5 Å². The van der Waals surface area contributed by atoms with Gasteiger partial charge in [0.05, 0.1) is 31.2 Å². The van der Waals surface area contributed by atoms with Crippen molar-refractivity contribution < 1.29 is 29.1 Å². The van der Waals surface area contributed by atoms with Gasteiger partial charge in [0.1, 0.15) is 12.9 Å². The molecule has 4 N–H and O–H groups in total. The van der Waals surface area contributed by atoms with Gasteiger partial charge >= 0.3 is 12.0 Å². The minimum Gasteiger partial charge on any atom is -0.496 e. The third-order valence-corrected chi connectivity index (χ3v) is 6.82. The first kappa shape index (κ1) is 29.6. The number of carbonyl (C=O) groups is 3. The zero-order chi connectivity index (χ0) is 28.7. The number of carboxylic acids is 1. The molecular weight excluding hydrogens is 526 g/mol. The van der Waals surface area contributed by atoms with Crippen molar-refractivity contribution in [3.8, 4) is 5.75 Å². The molecule has 0 aromatic heterocycles. The Hall–Kier alpha value is -3.99. The van der Waals surface area contributed by atoms with Crippen LogP contribution in [0.5, 0.6) is 5.75 Å². The van der Waals surface area contributed by atoms with Crippen LogP contribution < -0.4 is 15.8 Å². The molecule has 2 aromatic rings. The first-order valence-corrected chi connectivity index (χ1v) is 12.8. The highest BCUT2D eigenvalue weighted by Crippen LogP contribution is 2.28. The molecule has 39 heavy (non-hydrogen) atoms. The van der Waals surface area contributed by atoms with Gasteiger partial charge in [-0.25, -0.2) is 9.59 Å². The van der Waals surface area contributed by atoms with Gasteiger partial charge in [-0.2, -0.15) is 0 Å². The Morgan fingerprint density at radius 3 is 2.62 bits per heavy atom. The fourth-order valence-corrected chi connectivity index (χ4v) is 4.80. The molecule has 1 heterocycles. The Balaban J connectivity index is 1.93. The van der Waals surface area contributed by atoms with Gasteiger partial charge in [0.15, 0.2) is 5.84 Å². The lowest BCUT2D eigenvalue weighted by atomic mass is 9.97. The number of halogens is 1. The number of benzene rings is 2. The number of ether oxygens (including phenoxy) is 1. The number of amides is 3. The van der Waals surface area contributed by atoms with Crippen LogP contribution in [0.25, 0.3) is 0 Å². The average Bonchev–Trinajstić information content (AvgIpc) is 3.00. The van der Waals surface area contributed by atoms with Crippen molar-refractivity contribution in [3.63, 3.8) is 0 Å². The quantitative estimate of drug-likeness (QED) is 0.311. The summed E-state index contributed by atoms with van der Waals surface area (Å²) in [6.07, 6.45) is 1.54. The number of likely N-dealkylation sites (N-methyl/N-ethyl adjacent to an activating group) is 1. The maximum absolute atomic E-state index is 13.8. The molecule has 2 unspecified atom stereocenters. The number of rotatable bonds is 9. The van der Waals surface area contributed by atoms with Crippen molar-refractivity contribution in [2.24, 2.45) is 11.1 Å². The summed E-state index contributed by atoms with van der Waals surface area (Å²) < 4.78 is 5.46.